The Kier molecular flexibility index (Phi) is 4.79. The van der Waals surface area contributed by atoms with Crippen LogP contribution < -0.4 is 11.1 Å². The molecule has 5 nitrogen and oxygen atoms in total. The predicted molar refractivity (Wildman–Crippen MR) is 80.1 cm³/mol. The van der Waals surface area contributed by atoms with Gasteiger partial charge in [0.05, 0.1) is 0 Å². The number of nitrogens with two attached hydrogens (primary N) is 1. The zero-order valence-electron chi connectivity index (χ0n) is 11.5. The van der Waals surface area contributed by atoms with E-state index in [0.717, 1.165) is 17.5 Å². The fourth-order valence-corrected chi connectivity index (χ4v) is 1.94. The Morgan fingerprint density at radius 1 is 1.00 bits per heavy atom. The summed E-state index contributed by atoms with van der Waals surface area (Å²) in [5.74, 6) is -0.868. The second-order valence-corrected chi connectivity index (χ2v) is 4.74. The van der Waals surface area contributed by atoms with Crippen molar-refractivity contribution < 1.29 is 15.0 Å². The fourth-order valence-electron chi connectivity index (χ4n) is 1.94. The highest BCUT2D eigenvalue weighted by Gasteiger charge is 2.08. The van der Waals surface area contributed by atoms with Gasteiger partial charge < -0.3 is 21.3 Å². The van der Waals surface area contributed by atoms with Gasteiger partial charge in [-0.1, -0.05) is 24.3 Å². The van der Waals surface area contributed by atoms with Crippen LogP contribution in [-0.2, 0) is 13.0 Å². The molecule has 0 aromatic heterocycles. The van der Waals surface area contributed by atoms with Gasteiger partial charge in [-0.15, -0.1) is 0 Å². The van der Waals surface area contributed by atoms with E-state index in [-0.39, 0.29) is 17.4 Å². The summed E-state index contributed by atoms with van der Waals surface area (Å²) in [4.78, 5) is 11.9. The lowest BCUT2D eigenvalue weighted by Crippen LogP contribution is -2.22. The summed E-state index contributed by atoms with van der Waals surface area (Å²) in [6, 6.07) is 11.8. The summed E-state index contributed by atoms with van der Waals surface area (Å²) in [5, 5.41) is 21.3. The Balaban J connectivity index is 1.95. The number of nitrogens with one attached hydrogen (secondary N) is 1. The predicted octanol–water partition coefficient (Wildman–Crippen LogP) is 1.53. The Hall–Kier alpha value is -2.53. The van der Waals surface area contributed by atoms with Gasteiger partial charge in [-0.05, 0) is 42.3 Å². The molecule has 0 spiro atoms. The average Bonchev–Trinajstić information content (AvgIpc) is 2.49. The number of aromatic hydroxyl groups is 2. The SMILES string of the molecule is NCCc1ccc(CNC(=O)c2ccc(O)c(O)c2)cc1. The number of phenolic OH excluding ortho intramolecular Hbond substituents is 2. The lowest BCUT2D eigenvalue weighted by molar-refractivity contribution is 0.0950. The van der Waals surface area contributed by atoms with Gasteiger partial charge in [-0.25, -0.2) is 0 Å². The minimum Gasteiger partial charge on any atom is -0.504 e. The van der Waals surface area contributed by atoms with Crippen LogP contribution in [0.5, 0.6) is 11.5 Å². The molecule has 21 heavy (non-hydrogen) atoms. The van der Waals surface area contributed by atoms with E-state index in [0.29, 0.717) is 18.7 Å². The van der Waals surface area contributed by atoms with Crippen LogP contribution >= 0.6 is 0 Å². The summed E-state index contributed by atoms with van der Waals surface area (Å²) in [5.41, 5.74) is 7.93. The van der Waals surface area contributed by atoms with Crippen LogP contribution in [0.1, 0.15) is 21.5 Å². The highest BCUT2D eigenvalue weighted by molar-refractivity contribution is 5.94. The van der Waals surface area contributed by atoms with Crippen LogP contribution in [0, 0.1) is 0 Å². The molecule has 0 saturated heterocycles. The number of amides is 1. The van der Waals surface area contributed by atoms with E-state index in [1.807, 2.05) is 24.3 Å². The number of carbonyl (C=O) groups is 1. The van der Waals surface area contributed by atoms with Crippen molar-refractivity contribution in [3.05, 3.63) is 59.2 Å². The summed E-state index contributed by atoms with van der Waals surface area (Å²) in [7, 11) is 0. The summed E-state index contributed by atoms with van der Waals surface area (Å²) in [6.45, 7) is 1.00. The second kappa shape index (κ2) is 6.76. The molecule has 0 fully saturated rings. The third-order valence-corrected chi connectivity index (χ3v) is 3.15. The lowest BCUT2D eigenvalue weighted by atomic mass is 10.1. The van der Waals surface area contributed by atoms with Crippen LogP contribution in [0.3, 0.4) is 0 Å². The standard InChI is InChI=1S/C16H18N2O3/c17-8-7-11-1-3-12(4-2-11)10-18-16(21)13-5-6-14(19)15(20)9-13/h1-6,9,19-20H,7-8,10,17H2,(H,18,21). The van der Waals surface area contributed by atoms with Gasteiger partial charge in [-0.3, -0.25) is 4.79 Å². The minimum atomic E-state index is -0.311. The van der Waals surface area contributed by atoms with Crippen molar-refractivity contribution in [3.8, 4) is 11.5 Å². The van der Waals surface area contributed by atoms with Gasteiger partial charge in [0.15, 0.2) is 11.5 Å². The molecule has 0 bridgehead atoms. The Morgan fingerprint density at radius 2 is 1.67 bits per heavy atom. The quantitative estimate of drug-likeness (QED) is 0.627. The number of hydrogen-bond donors (Lipinski definition) is 4. The average molecular weight is 286 g/mol. The molecule has 0 heterocycles. The third-order valence-electron chi connectivity index (χ3n) is 3.15. The third kappa shape index (κ3) is 3.97. The molecular weight excluding hydrogens is 268 g/mol. The molecule has 0 unspecified atom stereocenters. The van der Waals surface area contributed by atoms with Gasteiger partial charge in [0.2, 0.25) is 0 Å². The number of phenols is 2. The minimum absolute atomic E-state index is 0.248. The van der Waals surface area contributed by atoms with Gasteiger partial charge in [0.1, 0.15) is 0 Å². The topological polar surface area (TPSA) is 95.6 Å². The zero-order valence-corrected chi connectivity index (χ0v) is 11.5. The first-order valence-corrected chi connectivity index (χ1v) is 6.68. The molecular formula is C16H18N2O3. The van der Waals surface area contributed by atoms with E-state index in [1.165, 1.54) is 18.2 Å². The van der Waals surface area contributed by atoms with Crippen molar-refractivity contribution in [2.24, 2.45) is 5.73 Å². The molecule has 0 atom stereocenters. The number of rotatable bonds is 5. The van der Waals surface area contributed by atoms with Crippen molar-refractivity contribution in [3.63, 3.8) is 0 Å². The molecule has 1 amide bonds. The Labute approximate surface area is 123 Å². The molecule has 0 radical (unpaired) electrons. The molecule has 2 aromatic rings. The van der Waals surface area contributed by atoms with Crippen molar-refractivity contribution >= 4 is 5.91 Å². The van der Waals surface area contributed by atoms with Gasteiger partial charge in [-0.2, -0.15) is 0 Å². The molecule has 0 aliphatic carbocycles. The van der Waals surface area contributed by atoms with Crippen molar-refractivity contribution in [1.82, 2.24) is 5.32 Å². The van der Waals surface area contributed by atoms with E-state index >= 15 is 0 Å². The van der Waals surface area contributed by atoms with E-state index in [2.05, 4.69) is 5.32 Å². The highest BCUT2D eigenvalue weighted by atomic mass is 16.3. The first-order chi connectivity index (χ1) is 10.1. The molecule has 110 valence electrons. The van der Waals surface area contributed by atoms with Crippen molar-refractivity contribution in [2.75, 3.05) is 6.54 Å². The fraction of sp³-hybridized carbons (Fsp3) is 0.188. The first kappa shape index (κ1) is 14.9. The summed E-state index contributed by atoms with van der Waals surface area (Å²) in [6.07, 6.45) is 0.833. The number of benzene rings is 2. The zero-order chi connectivity index (χ0) is 15.2. The van der Waals surface area contributed by atoms with Crippen molar-refractivity contribution in [2.45, 2.75) is 13.0 Å². The monoisotopic (exact) mass is 286 g/mol. The van der Waals surface area contributed by atoms with Gasteiger partial charge in [0.25, 0.3) is 5.91 Å². The normalized spacial score (nSPS) is 10.3. The summed E-state index contributed by atoms with van der Waals surface area (Å²) < 4.78 is 0. The van der Waals surface area contributed by atoms with E-state index in [9.17, 15) is 15.0 Å². The first-order valence-electron chi connectivity index (χ1n) is 6.68. The van der Waals surface area contributed by atoms with Crippen molar-refractivity contribution in [1.29, 1.82) is 0 Å². The van der Waals surface area contributed by atoms with E-state index in [1.54, 1.807) is 0 Å². The molecule has 0 aliphatic heterocycles. The van der Waals surface area contributed by atoms with Crippen LogP contribution in [0.15, 0.2) is 42.5 Å². The van der Waals surface area contributed by atoms with Gasteiger partial charge >= 0.3 is 0 Å². The van der Waals surface area contributed by atoms with Crippen LogP contribution in [-0.4, -0.2) is 22.7 Å². The second-order valence-electron chi connectivity index (χ2n) is 4.74. The van der Waals surface area contributed by atoms with E-state index < -0.39 is 0 Å². The molecule has 2 rings (SSSR count). The molecule has 0 aliphatic rings. The van der Waals surface area contributed by atoms with Crippen LogP contribution in [0.4, 0.5) is 0 Å². The smallest absolute Gasteiger partial charge is 0.251 e. The van der Waals surface area contributed by atoms with Crippen LogP contribution in [0.25, 0.3) is 0 Å². The molecule has 2 aromatic carbocycles. The largest absolute Gasteiger partial charge is 0.504 e. The maximum atomic E-state index is 11.9. The molecule has 5 heteroatoms. The maximum Gasteiger partial charge on any atom is 0.251 e. The lowest BCUT2D eigenvalue weighted by Gasteiger charge is -2.07. The highest BCUT2D eigenvalue weighted by Crippen LogP contribution is 2.24. The van der Waals surface area contributed by atoms with E-state index in [4.69, 9.17) is 5.73 Å². The summed E-state index contributed by atoms with van der Waals surface area (Å²) >= 11 is 0. The molecule has 5 N–H and O–H groups in total. The Bertz CT molecular complexity index is 624. The number of carbonyl (C=O) groups excluding carboxylic acids is 1. The van der Waals surface area contributed by atoms with Crippen LogP contribution in [0.2, 0.25) is 0 Å². The maximum absolute atomic E-state index is 11.9. The molecule has 0 saturated carbocycles. The Morgan fingerprint density at radius 3 is 2.29 bits per heavy atom. The number of hydrogen-bond acceptors (Lipinski definition) is 4. The van der Waals surface area contributed by atoms with Gasteiger partial charge in [0, 0.05) is 12.1 Å².